The highest BCUT2D eigenvalue weighted by molar-refractivity contribution is 7.99. The van der Waals surface area contributed by atoms with Gasteiger partial charge in [-0.15, -0.1) is 11.8 Å². The quantitative estimate of drug-likeness (QED) is 0.497. The minimum atomic E-state index is 0.00485. The van der Waals surface area contributed by atoms with Gasteiger partial charge in [-0.05, 0) is 26.2 Å². The molecule has 12 heavy (non-hydrogen) atoms. The predicted molar refractivity (Wildman–Crippen MR) is 57.6 cm³/mol. The van der Waals surface area contributed by atoms with Gasteiger partial charge in [-0.2, -0.15) is 0 Å². The van der Waals surface area contributed by atoms with Crippen LogP contribution < -0.4 is 0 Å². The van der Waals surface area contributed by atoms with Gasteiger partial charge in [0.25, 0.3) is 0 Å². The van der Waals surface area contributed by atoms with Crippen molar-refractivity contribution in [1.82, 2.24) is 0 Å². The van der Waals surface area contributed by atoms with Crippen LogP contribution in [0, 0.1) is 5.41 Å². The second kappa shape index (κ2) is 4.52. The van der Waals surface area contributed by atoms with Crippen LogP contribution in [0.25, 0.3) is 0 Å². The van der Waals surface area contributed by atoms with E-state index >= 15 is 0 Å². The molecule has 0 rings (SSSR count). The van der Waals surface area contributed by atoms with Crippen molar-refractivity contribution in [3.05, 3.63) is 0 Å². The van der Waals surface area contributed by atoms with Crippen LogP contribution in [0.3, 0.4) is 0 Å². The fourth-order valence-electron chi connectivity index (χ4n) is 0.566. The van der Waals surface area contributed by atoms with Gasteiger partial charge in [-0.3, -0.25) is 0 Å². The molecule has 0 atom stereocenters. The monoisotopic (exact) mass is 190 g/mol. The van der Waals surface area contributed by atoms with Gasteiger partial charge in [-0.25, -0.2) is 0 Å². The lowest BCUT2D eigenvalue weighted by molar-refractivity contribution is 0.0286. The van der Waals surface area contributed by atoms with E-state index < -0.39 is 0 Å². The Morgan fingerprint density at radius 1 is 1.00 bits per heavy atom. The summed E-state index contributed by atoms with van der Waals surface area (Å²) in [6.07, 6.45) is 0. The summed E-state index contributed by atoms with van der Waals surface area (Å²) in [7, 11) is 0. The van der Waals surface area contributed by atoms with Gasteiger partial charge in [0.05, 0.1) is 11.5 Å². The summed E-state index contributed by atoms with van der Waals surface area (Å²) in [5.74, 6) is 1.96. The van der Waals surface area contributed by atoms with Gasteiger partial charge >= 0.3 is 0 Å². The molecule has 0 aliphatic rings. The van der Waals surface area contributed by atoms with Crippen molar-refractivity contribution in [2.24, 2.45) is 5.41 Å². The van der Waals surface area contributed by atoms with Gasteiger partial charge in [0, 0.05) is 5.75 Å². The molecular weight excluding hydrogens is 168 g/mol. The van der Waals surface area contributed by atoms with E-state index in [4.69, 9.17) is 4.74 Å². The summed E-state index contributed by atoms with van der Waals surface area (Å²) in [4.78, 5) is 0. The van der Waals surface area contributed by atoms with Crippen LogP contribution in [-0.4, -0.2) is 17.3 Å². The van der Waals surface area contributed by atoms with E-state index in [1.54, 1.807) is 0 Å². The maximum absolute atomic E-state index is 5.59. The molecule has 0 heterocycles. The largest absolute Gasteiger partial charge is 0.365 e. The molecule has 0 aromatic carbocycles. The first kappa shape index (κ1) is 12.3. The molecule has 0 aromatic rings. The first-order chi connectivity index (χ1) is 5.21. The SMILES string of the molecule is CC(C)(C)CSCOC(C)(C)C. The van der Waals surface area contributed by atoms with Crippen LogP contribution in [0.15, 0.2) is 0 Å². The number of ether oxygens (including phenoxy) is 1. The zero-order chi connectivity index (χ0) is 9.83. The first-order valence-corrected chi connectivity index (χ1v) is 5.58. The molecular formula is C10H22OS. The lowest BCUT2D eigenvalue weighted by Crippen LogP contribution is -2.19. The summed E-state index contributed by atoms with van der Waals surface area (Å²) >= 11 is 1.86. The Hall–Kier alpha value is 0.310. The zero-order valence-corrected chi connectivity index (χ0v) is 10.0. The van der Waals surface area contributed by atoms with Crippen molar-refractivity contribution in [1.29, 1.82) is 0 Å². The van der Waals surface area contributed by atoms with Crippen molar-refractivity contribution < 1.29 is 4.74 Å². The Balaban J connectivity index is 3.35. The van der Waals surface area contributed by atoms with Crippen LogP contribution in [0.5, 0.6) is 0 Å². The standard InChI is InChI=1S/C10H22OS/c1-9(2,3)7-12-8-11-10(4,5)6/h7-8H2,1-6H3. The van der Waals surface area contributed by atoms with E-state index in [0.29, 0.717) is 5.41 Å². The van der Waals surface area contributed by atoms with Crippen LogP contribution in [0.4, 0.5) is 0 Å². The lowest BCUT2D eigenvalue weighted by Gasteiger charge is -2.22. The third kappa shape index (κ3) is 10.3. The molecule has 1 nitrogen and oxygen atoms in total. The van der Waals surface area contributed by atoms with Crippen molar-refractivity contribution in [3.8, 4) is 0 Å². The molecule has 0 unspecified atom stereocenters. The molecule has 0 saturated carbocycles. The van der Waals surface area contributed by atoms with Gasteiger partial charge in [-0.1, -0.05) is 20.8 Å². The molecule has 0 fully saturated rings. The van der Waals surface area contributed by atoms with E-state index in [0.717, 1.165) is 11.7 Å². The minimum absolute atomic E-state index is 0.00485. The molecule has 0 amide bonds. The van der Waals surface area contributed by atoms with E-state index in [1.807, 2.05) is 11.8 Å². The second-order valence-corrected chi connectivity index (χ2v) is 6.22. The van der Waals surface area contributed by atoms with Crippen molar-refractivity contribution in [2.45, 2.75) is 47.1 Å². The van der Waals surface area contributed by atoms with Crippen molar-refractivity contribution in [3.63, 3.8) is 0 Å². The fourth-order valence-corrected chi connectivity index (χ4v) is 1.70. The highest BCUT2D eigenvalue weighted by atomic mass is 32.2. The molecule has 0 radical (unpaired) electrons. The number of rotatable bonds is 3. The number of hydrogen-bond donors (Lipinski definition) is 0. The molecule has 2 heteroatoms. The van der Waals surface area contributed by atoms with Crippen LogP contribution >= 0.6 is 11.8 Å². The van der Waals surface area contributed by atoms with Crippen LogP contribution in [0.2, 0.25) is 0 Å². The topological polar surface area (TPSA) is 9.23 Å². The maximum atomic E-state index is 5.59. The Bertz CT molecular complexity index is 103. The van der Waals surface area contributed by atoms with Crippen LogP contribution in [0.1, 0.15) is 41.5 Å². The first-order valence-electron chi connectivity index (χ1n) is 4.42. The third-order valence-electron chi connectivity index (χ3n) is 1.11. The molecule has 0 aromatic heterocycles. The molecule has 0 aliphatic carbocycles. The Morgan fingerprint density at radius 2 is 1.50 bits per heavy atom. The molecule has 0 bridgehead atoms. The summed E-state index contributed by atoms with van der Waals surface area (Å²) < 4.78 is 5.59. The zero-order valence-electron chi connectivity index (χ0n) is 9.23. The molecule has 0 aliphatic heterocycles. The predicted octanol–water partition coefficient (Wildman–Crippen LogP) is 3.54. The summed E-state index contributed by atoms with van der Waals surface area (Å²) in [6, 6.07) is 0. The summed E-state index contributed by atoms with van der Waals surface area (Å²) in [5, 5.41) is 0. The van der Waals surface area contributed by atoms with E-state index in [2.05, 4.69) is 41.5 Å². The normalized spacial score (nSPS) is 13.5. The average molecular weight is 190 g/mol. The number of thioether (sulfide) groups is 1. The molecule has 0 spiro atoms. The van der Waals surface area contributed by atoms with Crippen LogP contribution in [-0.2, 0) is 4.74 Å². The smallest absolute Gasteiger partial charge is 0.0928 e. The lowest BCUT2D eigenvalue weighted by atomic mass is 10.0. The molecule has 0 N–H and O–H groups in total. The Kier molecular flexibility index (Phi) is 4.64. The van der Waals surface area contributed by atoms with Crippen molar-refractivity contribution in [2.75, 3.05) is 11.7 Å². The molecule has 74 valence electrons. The fraction of sp³-hybridized carbons (Fsp3) is 1.00. The second-order valence-electron chi connectivity index (χ2n) is 5.28. The van der Waals surface area contributed by atoms with Crippen molar-refractivity contribution >= 4 is 11.8 Å². The summed E-state index contributed by atoms with van der Waals surface area (Å²) in [6.45, 7) is 13.0. The Morgan fingerprint density at radius 3 is 1.83 bits per heavy atom. The van der Waals surface area contributed by atoms with E-state index in [9.17, 15) is 0 Å². The van der Waals surface area contributed by atoms with E-state index in [1.165, 1.54) is 0 Å². The number of hydrogen-bond acceptors (Lipinski definition) is 2. The van der Waals surface area contributed by atoms with Gasteiger partial charge in [0.15, 0.2) is 0 Å². The molecule has 0 saturated heterocycles. The maximum Gasteiger partial charge on any atom is 0.0928 e. The minimum Gasteiger partial charge on any atom is -0.365 e. The van der Waals surface area contributed by atoms with Gasteiger partial charge in [0.2, 0.25) is 0 Å². The average Bonchev–Trinajstić information content (AvgIpc) is 1.76. The van der Waals surface area contributed by atoms with Gasteiger partial charge < -0.3 is 4.74 Å². The van der Waals surface area contributed by atoms with Gasteiger partial charge in [0.1, 0.15) is 0 Å². The van der Waals surface area contributed by atoms with E-state index in [-0.39, 0.29) is 5.60 Å². The summed E-state index contributed by atoms with van der Waals surface area (Å²) in [5.41, 5.74) is 0.413. The highest BCUT2D eigenvalue weighted by Crippen LogP contribution is 2.21. The third-order valence-corrected chi connectivity index (χ3v) is 2.47. The Labute approximate surface area is 81.3 Å². The highest BCUT2D eigenvalue weighted by Gasteiger charge is 2.12.